The van der Waals surface area contributed by atoms with Gasteiger partial charge in [-0.2, -0.15) is 10.2 Å². The summed E-state index contributed by atoms with van der Waals surface area (Å²) in [4.78, 5) is 12.5. The van der Waals surface area contributed by atoms with Gasteiger partial charge in [-0.25, -0.2) is 4.68 Å². The Balaban J connectivity index is 1.81. The molecule has 2 heterocycles. The van der Waals surface area contributed by atoms with Crippen molar-refractivity contribution >= 4 is 21.8 Å². The molecule has 3 aromatic rings. The monoisotopic (exact) mass is 401 g/mol. The number of benzene rings is 1. The van der Waals surface area contributed by atoms with Crippen LogP contribution in [-0.2, 0) is 13.1 Å². The van der Waals surface area contributed by atoms with Crippen LogP contribution >= 0.6 is 15.9 Å². The minimum atomic E-state index is -0.155. The van der Waals surface area contributed by atoms with Gasteiger partial charge in [-0.3, -0.25) is 9.48 Å². The summed E-state index contributed by atoms with van der Waals surface area (Å²) < 4.78 is 4.27. The summed E-state index contributed by atoms with van der Waals surface area (Å²) in [6, 6.07) is 9.97. The molecule has 3 rings (SSSR count). The highest BCUT2D eigenvalue weighted by Crippen LogP contribution is 2.19. The van der Waals surface area contributed by atoms with Crippen molar-refractivity contribution in [2.75, 3.05) is 0 Å². The first kappa shape index (κ1) is 17.4. The summed E-state index contributed by atoms with van der Waals surface area (Å²) in [6.45, 7) is 6.98. The zero-order chi connectivity index (χ0) is 18.0. The van der Waals surface area contributed by atoms with E-state index in [9.17, 15) is 4.79 Å². The molecule has 6 nitrogen and oxygen atoms in total. The molecule has 130 valence electrons. The van der Waals surface area contributed by atoms with E-state index in [2.05, 4.69) is 31.4 Å². The predicted molar refractivity (Wildman–Crippen MR) is 99.8 cm³/mol. The second kappa shape index (κ2) is 7.23. The Bertz CT molecular complexity index is 898. The summed E-state index contributed by atoms with van der Waals surface area (Å²) in [5.74, 6) is -0.155. The van der Waals surface area contributed by atoms with Crippen LogP contribution in [0, 0.1) is 13.8 Å². The molecule has 0 spiro atoms. The van der Waals surface area contributed by atoms with Crippen molar-refractivity contribution in [1.82, 2.24) is 24.9 Å². The largest absolute Gasteiger partial charge is 0.346 e. The predicted octanol–water partition coefficient (Wildman–Crippen LogP) is 3.40. The fourth-order valence-corrected chi connectivity index (χ4v) is 3.31. The van der Waals surface area contributed by atoms with E-state index in [1.54, 1.807) is 10.9 Å². The average Bonchev–Trinajstić information content (AvgIpc) is 3.13. The molecule has 0 aliphatic carbocycles. The first-order chi connectivity index (χ1) is 12.0. The minimum Gasteiger partial charge on any atom is -0.346 e. The third-order valence-corrected chi connectivity index (χ3v) is 4.76. The number of hydrogen-bond acceptors (Lipinski definition) is 3. The van der Waals surface area contributed by atoms with Crippen LogP contribution in [0.3, 0.4) is 0 Å². The lowest BCUT2D eigenvalue weighted by molar-refractivity contribution is 0.0939. The van der Waals surface area contributed by atoms with Crippen molar-refractivity contribution in [2.45, 2.75) is 33.9 Å². The second-order valence-electron chi connectivity index (χ2n) is 5.74. The maximum Gasteiger partial charge on any atom is 0.271 e. The van der Waals surface area contributed by atoms with Crippen LogP contribution < -0.4 is 5.32 Å². The standard InChI is InChI=1S/C18H20BrN5O/c1-4-23-17(16(19)11-21-23)18(25)20-10-15-12(2)22-24(13(15)3)14-8-6-5-7-9-14/h5-9,11H,4,10H2,1-3H3,(H,20,25). The lowest BCUT2D eigenvalue weighted by atomic mass is 10.2. The molecule has 0 unspecified atom stereocenters. The number of carbonyl (C=O) groups is 1. The molecule has 0 aliphatic rings. The summed E-state index contributed by atoms with van der Waals surface area (Å²) in [5.41, 5.74) is 4.49. The molecule has 0 aliphatic heterocycles. The highest BCUT2D eigenvalue weighted by molar-refractivity contribution is 9.10. The number of nitrogens with zero attached hydrogens (tertiary/aromatic N) is 4. The summed E-state index contributed by atoms with van der Waals surface area (Å²) in [5, 5.41) is 11.8. The van der Waals surface area contributed by atoms with Crippen LogP contribution in [0.4, 0.5) is 0 Å². The fourth-order valence-electron chi connectivity index (χ4n) is 2.83. The van der Waals surface area contributed by atoms with E-state index in [0.29, 0.717) is 23.3 Å². The minimum absolute atomic E-state index is 0.155. The Morgan fingerprint density at radius 2 is 1.96 bits per heavy atom. The van der Waals surface area contributed by atoms with Gasteiger partial charge in [0, 0.05) is 24.3 Å². The number of rotatable bonds is 5. The molecule has 2 aromatic heterocycles. The number of hydrogen-bond donors (Lipinski definition) is 1. The zero-order valence-corrected chi connectivity index (χ0v) is 16.0. The van der Waals surface area contributed by atoms with Crippen molar-refractivity contribution < 1.29 is 4.79 Å². The van der Waals surface area contributed by atoms with E-state index in [0.717, 1.165) is 22.6 Å². The van der Waals surface area contributed by atoms with Gasteiger partial charge < -0.3 is 5.32 Å². The molecule has 0 atom stereocenters. The van der Waals surface area contributed by atoms with Crippen molar-refractivity contribution in [3.8, 4) is 5.69 Å². The first-order valence-electron chi connectivity index (χ1n) is 8.13. The van der Waals surface area contributed by atoms with Crippen LogP contribution in [0.15, 0.2) is 41.0 Å². The van der Waals surface area contributed by atoms with Crippen LogP contribution in [-0.4, -0.2) is 25.5 Å². The van der Waals surface area contributed by atoms with Gasteiger partial charge in [0.15, 0.2) is 0 Å². The molecule has 1 N–H and O–H groups in total. The van der Waals surface area contributed by atoms with E-state index in [1.807, 2.05) is 55.8 Å². The highest BCUT2D eigenvalue weighted by Gasteiger charge is 2.18. The molecule has 0 saturated carbocycles. The van der Waals surface area contributed by atoms with Crippen LogP contribution in [0.1, 0.15) is 34.4 Å². The zero-order valence-electron chi connectivity index (χ0n) is 14.5. The van der Waals surface area contributed by atoms with Gasteiger partial charge in [-0.1, -0.05) is 18.2 Å². The molecule has 1 amide bonds. The van der Waals surface area contributed by atoms with Crippen molar-refractivity contribution in [3.63, 3.8) is 0 Å². The lowest BCUT2D eigenvalue weighted by Crippen LogP contribution is -2.26. The molecule has 0 saturated heterocycles. The number of nitrogens with one attached hydrogen (secondary N) is 1. The Hall–Kier alpha value is -2.41. The van der Waals surface area contributed by atoms with Crippen LogP contribution in [0.2, 0.25) is 0 Å². The van der Waals surface area contributed by atoms with Crippen LogP contribution in [0.5, 0.6) is 0 Å². The lowest BCUT2D eigenvalue weighted by Gasteiger charge is -2.08. The van der Waals surface area contributed by atoms with Crippen molar-refractivity contribution in [3.05, 3.63) is 63.6 Å². The summed E-state index contributed by atoms with van der Waals surface area (Å²) in [7, 11) is 0. The van der Waals surface area contributed by atoms with E-state index in [4.69, 9.17) is 0 Å². The Labute approximate surface area is 155 Å². The van der Waals surface area contributed by atoms with Gasteiger partial charge in [0.25, 0.3) is 5.91 Å². The van der Waals surface area contributed by atoms with E-state index in [-0.39, 0.29) is 5.91 Å². The highest BCUT2D eigenvalue weighted by atomic mass is 79.9. The topological polar surface area (TPSA) is 64.7 Å². The Kier molecular flexibility index (Phi) is 5.03. The number of aryl methyl sites for hydroxylation is 2. The van der Waals surface area contributed by atoms with E-state index in [1.165, 1.54) is 0 Å². The van der Waals surface area contributed by atoms with Crippen molar-refractivity contribution in [2.24, 2.45) is 0 Å². The van der Waals surface area contributed by atoms with Gasteiger partial charge in [0.05, 0.1) is 22.1 Å². The number of para-hydroxylation sites is 1. The Morgan fingerprint density at radius 3 is 2.64 bits per heavy atom. The molecule has 0 bridgehead atoms. The number of halogens is 1. The average molecular weight is 402 g/mol. The van der Waals surface area contributed by atoms with Gasteiger partial charge in [0.2, 0.25) is 0 Å². The maximum atomic E-state index is 12.5. The van der Waals surface area contributed by atoms with Crippen LogP contribution in [0.25, 0.3) is 5.69 Å². The number of aromatic nitrogens is 4. The van der Waals surface area contributed by atoms with Gasteiger partial charge >= 0.3 is 0 Å². The smallest absolute Gasteiger partial charge is 0.271 e. The first-order valence-corrected chi connectivity index (χ1v) is 8.92. The SMILES string of the molecule is CCn1ncc(Br)c1C(=O)NCc1c(C)nn(-c2ccccc2)c1C. The van der Waals surface area contributed by atoms with Gasteiger partial charge in [0.1, 0.15) is 5.69 Å². The molecule has 7 heteroatoms. The third kappa shape index (κ3) is 3.37. The normalized spacial score (nSPS) is 10.9. The third-order valence-electron chi connectivity index (χ3n) is 4.18. The van der Waals surface area contributed by atoms with E-state index < -0.39 is 0 Å². The quantitative estimate of drug-likeness (QED) is 0.712. The molecular formula is C18H20BrN5O. The second-order valence-corrected chi connectivity index (χ2v) is 6.59. The molecule has 0 radical (unpaired) electrons. The molecule has 1 aromatic carbocycles. The van der Waals surface area contributed by atoms with Crippen molar-refractivity contribution in [1.29, 1.82) is 0 Å². The molecule has 0 fully saturated rings. The van der Waals surface area contributed by atoms with E-state index >= 15 is 0 Å². The van der Waals surface area contributed by atoms with Gasteiger partial charge in [-0.15, -0.1) is 0 Å². The fraction of sp³-hybridized carbons (Fsp3) is 0.278. The summed E-state index contributed by atoms with van der Waals surface area (Å²) in [6.07, 6.45) is 1.64. The Morgan fingerprint density at radius 1 is 1.24 bits per heavy atom. The molecular weight excluding hydrogens is 382 g/mol. The van der Waals surface area contributed by atoms with Gasteiger partial charge in [-0.05, 0) is 48.8 Å². The summed E-state index contributed by atoms with van der Waals surface area (Å²) >= 11 is 3.39. The maximum absolute atomic E-state index is 12.5. The number of amides is 1. The molecule has 25 heavy (non-hydrogen) atoms. The number of carbonyl (C=O) groups excluding carboxylic acids is 1.